The number of nitro benzene ring substituents is 1. The lowest BCUT2D eigenvalue weighted by molar-refractivity contribution is -0.385. The standard InChI is InChI=1S/C16H16N4O4/c1-9-13(16(21)24-3)14(11-8-17-19(2)15(11)18-9)10-6-4-5-7-12(10)20(22)23/h4-8,14,18H,1-3H3. The maximum absolute atomic E-state index is 12.3. The fourth-order valence-corrected chi connectivity index (χ4v) is 3.04. The molecule has 1 aromatic carbocycles. The van der Waals surface area contributed by atoms with Crippen LogP contribution >= 0.6 is 0 Å². The molecule has 2 heterocycles. The lowest BCUT2D eigenvalue weighted by atomic mass is 9.82. The van der Waals surface area contributed by atoms with Crippen molar-refractivity contribution in [3.8, 4) is 0 Å². The summed E-state index contributed by atoms with van der Waals surface area (Å²) in [5, 5.41) is 18.8. The van der Waals surface area contributed by atoms with Gasteiger partial charge >= 0.3 is 5.97 Å². The highest BCUT2D eigenvalue weighted by Crippen LogP contribution is 2.44. The van der Waals surface area contributed by atoms with Crippen molar-refractivity contribution in [2.24, 2.45) is 7.05 Å². The van der Waals surface area contributed by atoms with Crippen LogP contribution in [-0.4, -0.2) is 27.8 Å². The molecule has 1 aliphatic heterocycles. The van der Waals surface area contributed by atoms with Crippen molar-refractivity contribution in [2.45, 2.75) is 12.8 Å². The Morgan fingerprint density at radius 1 is 1.38 bits per heavy atom. The third-order valence-electron chi connectivity index (χ3n) is 4.13. The summed E-state index contributed by atoms with van der Waals surface area (Å²) in [5.41, 5.74) is 2.00. The van der Waals surface area contributed by atoms with Crippen LogP contribution in [0, 0.1) is 10.1 Å². The van der Waals surface area contributed by atoms with Crippen LogP contribution in [0.3, 0.4) is 0 Å². The minimum Gasteiger partial charge on any atom is -0.466 e. The summed E-state index contributed by atoms with van der Waals surface area (Å²) in [6, 6.07) is 6.39. The fraction of sp³-hybridized carbons (Fsp3) is 0.250. The van der Waals surface area contributed by atoms with Gasteiger partial charge in [-0.15, -0.1) is 0 Å². The highest BCUT2D eigenvalue weighted by Gasteiger charge is 2.37. The van der Waals surface area contributed by atoms with E-state index >= 15 is 0 Å². The summed E-state index contributed by atoms with van der Waals surface area (Å²) in [6.07, 6.45) is 1.61. The van der Waals surface area contributed by atoms with Gasteiger partial charge in [-0.3, -0.25) is 14.8 Å². The number of benzene rings is 1. The van der Waals surface area contributed by atoms with Crippen LogP contribution in [0.15, 0.2) is 41.7 Å². The predicted octanol–water partition coefficient (Wildman–Crippen LogP) is 2.33. The summed E-state index contributed by atoms with van der Waals surface area (Å²) < 4.78 is 6.53. The van der Waals surface area contributed by atoms with E-state index in [0.717, 1.165) is 0 Å². The van der Waals surface area contributed by atoms with Gasteiger partial charge in [0.1, 0.15) is 5.82 Å². The van der Waals surface area contributed by atoms with Gasteiger partial charge in [0.15, 0.2) is 0 Å². The van der Waals surface area contributed by atoms with E-state index in [9.17, 15) is 14.9 Å². The highest BCUT2D eigenvalue weighted by atomic mass is 16.6. The number of anilines is 1. The van der Waals surface area contributed by atoms with Gasteiger partial charge < -0.3 is 10.1 Å². The number of hydrogen-bond donors (Lipinski definition) is 1. The van der Waals surface area contributed by atoms with Crippen LogP contribution < -0.4 is 5.32 Å². The van der Waals surface area contributed by atoms with E-state index in [-0.39, 0.29) is 5.69 Å². The SMILES string of the molecule is COC(=O)C1=C(C)Nc2c(cnn2C)C1c1ccccc1[N+](=O)[O-]. The molecule has 0 amide bonds. The maximum Gasteiger partial charge on any atom is 0.336 e. The molecule has 0 radical (unpaired) electrons. The number of carbonyl (C=O) groups excluding carboxylic acids is 1. The van der Waals surface area contributed by atoms with E-state index < -0.39 is 16.8 Å². The molecule has 1 atom stereocenters. The Labute approximate surface area is 137 Å². The van der Waals surface area contributed by atoms with E-state index in [0.29, 0.717) is 28.2 Å². The average molecular weight is 328 g/mol. The van der Waals surface area contributed by atoms with Gasteiger partial charge in [-0.2, -0.15) is 5.10 Å². The average Bonchev–Trinajstić information content (AvgIpc) is 2.93. The topological polar surface area (TPSA) is 99.3 Å². The minimum absolute atomic E-state index is 0.0478. The van der Waals surface area contributed by atoms with Gasteiger partial charge in [0.25, 0.3) is 5.69 Å². The molecule has 0 saturated carbocycles. The molecule has 0 spiro atoms. The number of nitrogens with one attached hydrogen (secondary N) is 1. The number of para-hydroxylation sites is 1. The zero-order chi connectivity index (χ0) is 17.4. The number of methoxy groups -OCH3 is 1. The lowest BCUT2D eigenvalue weighted by Gasteiger charge is -2.27. The smallest absolute Gasteiger partial charge is 0.336 e. The summed E-state index contributed by atoms with van der Waals surface area (Å²) >= 11 is 0. The summed E-state index contributed by atoms with van der Waals surface area (Å²) in [4.78, 5) is 23.3. The van der Waals surface area contributed by atoms with E-state index in [2.05, 4.69) is 10.4 Å². The summed E-state index contributed by atoms with van der Waals surface area (Å²) in [7, 11) is 3.05. The van der Waals surface area contributed by atoms with Crippen molar-refractivity contribution in [3.63, 3.8) is 0 Å². The predicted molar refractivity (Wildman–Crippen MR) is 86.5 cm³/mol. The molecule has 1 unspecified atom stereocenters. The van der Waals surface area contributed by atoms with Gasteiger partial charge in [-0.1, -0.05) is 18.2 Å². The molecular formula is C16H16N4O4. The number of aromatic nitrogens is 2. The molecule has 0 fully saturated rings. The highest BCUT2D eigenvalue weighted by molar-refractivity contribution is 5.94. The monoisotopic (exact) mass is 328 g/mol. The Hall–Kier alpha value is -3.16. The van der Waals surface area contributed by atoms with Crippen molar-refractivity contribution in [3.05, 3.63) is 63.0 Å². The molecule has 1 aliphatic rings. The first kappa shape index (κ1) is 15.7. The number of allylic oxidation sites excluding steroid dienone is 1. The molecule has 124 valence electrons. The largest absolute Gasteiger partial charge is 0.466 e. The van der Waals surface area contributed by atoms with Gasteiger partial charge in [-0.25, -0.2) is 4.79 Å². The number of nitro groups is 1. The van der Waals surface area contributed by atoms with Crippen LogP contribution in [0.1, 0.15) is 24.0 Å². The Kier molecular flexibility index (Phi) is 3.80. The van der Waals surface area contributed by atoms with Gasteiger partial charge in [0.05, 0.1) is 29.7 Å². The van der Waals surface area contributed by atoms with Crippen LogP contribution in [-0.2, 0) is 16.6 Å². The molecule has 1 N–H and O–H groups in total. The molecule has 8 heteroatoms. The Morgan fingerprint density at radius 3 is 2.75 bits per heavy atom. The zero-order valence-electron chi connectivity index (χ0n) is 13.4. The van der Waals surface area contributed by atoms with E-state index in [1.54, 1.807) is 43.0 Å². The lowest BCUT2D eigenvalue weighted by Crippen LogP contribution is -2.24. The Balaban J connectivity index is 2.29. The second kappa shape index (κ2) is 5.80. The number of nitrogens with zero attached hydrogens (tertiary/aromatic N) is 3. The van der Waals surface area contributed by atoms with Crippen molar-refractivity contribution < 1.29 is 14.5 Å². The van der Waals surface area contributed by atoms with Crippen molar-refractivity contribution >= 4 is 17.5 Å². The third kappa shape index (κ3) is 2.32. The molecule has 0 aliphatic carbocycles. The van der Waals surface area contributed by atoms with E-state index in [4.69, 9.17) is 4.74 Å². The number of esters is 1. The third-order valence-corrected chi connectivity index (χ3v) is 4.13. The normalized spacial score (nSPS) is 16.4. The summed E-state index contributed by atoms with van der Waals surface area (Å²) in [5.74, 6) is -0.454. The molecule has 2 aromatic rings. The zero-order valence-corrected chi connectivity index (χ0v) is 13.4. The molecule has 3 rings (SSSR count). The summed E-state index contributed by atoms with van der Waals surface area (Å²) in [6.45, 7) is 1.74. The number of ether oxygens (including phenoxy) is 1. The second-order valence-electron chi connectivity index (χ2n) is 5.48. The maximum atomic E-state index is 12.3. The fourth-order valence-electron chi connectivity index (χ4n) is 3.04. The minimum atomic E-state index is -0.621. The number of fused-ring (bicyclic) bond motifs is 1. The van der Waals surface area contributed by atoms with E-state index in [1.165, 1.54) is 13.2 Å². The number of carbonyl (C=O) groups is 1. The molecule has 1 aromatic heterocycles. The first-order valence-electron chi connectivity index (χ1n) is 7.27. The van der Waals surface area contributed by atoms with Crippen molar-refractivity contribution in [2.75, 3.05) is 12.4 Å². The van der Waals surface area contributed by atoms with Crippen LogP contribution in [0.4, 0.5) is 11.5 Å². The molecule has 8 nitrogen and oxygen atoms in total. The number of rotatable bonds is 3. The molecule has 0 saturated heterocycles. The molecule has 24 heavy (non-hydrogen) atoms. The van der Waals surface area contributed by atoms with Crippen LogP contribution in [0.2, 0.25) is 0 Å². The van der Waals surface area contributed by atoms with Gasteiger partial charge in [0.2, 0.25) is 0 Å². The van der Waals surface area contributed by atoms with Crippen molar-refractivity contribution in [1.82, 2.24) is 9.78 Å². The van der Waals surface area contributed by atoms with Crippen molar-refractivity contribution in [1.29, 1.82) is 0 Å². The van der Waals surface area contributed by atoms with Crippen LogP contribution in [0.25, 0.3) is 0 Å². The first-order chi connectivity index (χ1) is 11.5. The first-order valence-corrected chi connectivity index (χ1v) is 7.27. The Bertz CT molecular complexity index is 869. The number of hydrogen-bond acceptors (Lipinski definition) is 6. The van der Waals surface area contributed by atoms with Gasteiger partial charge in [0, 0.05) is 29.9 Å². The molecule has 0 bridgehead atoms. The second-order valence-corrected chi connectivity index (χ2v) is 5.48. The Morgan fingerprint density at radius 2 is 2.08 bits per heavy atom. The molecular weight excluding hydrogens is 312 g/mol. The quantitative estimate of drug-likeness (QED) is 0.527. The number of aryl methyl sites for hydroxylation is 1. The van der Waals surface area contributed by atoms with Gasteiger partial charge in [-0.05, 0) is 6.92 Å². The van der Waals surface area contributed by atoms with E-state index in [1.807, 2.05) is 0 Å². The van der Waals surface area contributed by atoms with Crippen LogP contribution in [0.5, 0.6) is 0 Å².